The smallest absolute Gasteiger partial charge is 0.494 e. The normalized spacial score (nSPS) is 11.4. The molecule has 0 radical (unpaired) electrons. The Bertz CT molecular complexity index is 770. The maximum Gasteiger partial charge on any atom is 0.573 e. The Labute approximate surface area is 140 Å². The number of rotatable bonds is 5. The number of anilines is 1. The average molecular weight is 355 g/mol. The lowest BCUT2D eigenvalue weighted by Crippen LogP contribution is -2.17. The molecule has 8 heteroatoms. The lowest BCUT2D eigenvalue weighted by Gasteiger charge is -2.09. The average Bonchev–Trinajstić information content (AvgIpc) is 2.53. The third-order valence-corrected chi connectivity index (χ3v) is 2.96. The SMILES string of the molecule is COc1ccc(/C=C/C(=O)Nc2ccc(OC(F)(F)F)cc2)cc1F. The predicted octanol–water partition coefficient (Wildman–Crippen LogP) is 4.38. The highest BCUT2D eigenvalue weighted by atomic mass is 19.4. The molecule has 0 saturated heterocycles. The number of nitrogens with one attached hydrogen (secondary N) is 1. The Morgan fingerprint density at radius 2 is 1.80 bits per heavy atom. The quantitative estimate of drug-likeness (QED) is 0.639. The van der Waals surface area contributed by atoms with Crippen LogP contribution in [0, 0.1) is 5.82 Å². The Morgan fingerprint density at radius 3 is 2.36 bits per heavy atom. The van der Waals surface area contributed by atoms with Crippen LogP contribution >= 0.6 is 0 Å². The van der Waals surface area contributed by atoms with Crippen molar-refractivity contribution in [3.63, 3.8) is 0 Å². The summed E-state index contributed by atoms with van der Waals surface area (Å²) in [6.45, 7) is 0. The summed E-state index contributed by atoms with van der Waals surface area (Å²) in [7, 11) is 1.34. The van der Waals surface area contributed by atoms with Crippen molar-refractivity contribution in [2.45, 2.75) is 6.36 Å². The van der Waals surface area contributed by atoms with Crippen LogP contribution in [-0.2, 0) is 4.79 Å². The van der Waals surface area contributed by atoms with Crippen molar-refractivity contribution in [2.24, 2.45) is 0 Å². The van der Waals surface area contributed by atoms with Gasteiger partial charge in [0.2, 0.25) is 5.91 Å². The topological polar surface area (TPSA) is 47.6 Å². The fourth-order valence-corrected chi connectivity index (χ4v) is 1.88. The molecule has 0 heterocycles. The van der Waals surface area contributed by atoms with Gasteiger partial charge in [0.1, 0.15) is 5.75 Å². The van der Waals surface area contributed by atoms with E-state index in [1.54, 1.807) is 6.07 Å². The number of carbonyl (C=O) groups excluding carboxylic acids is 1. The number of ether oxygens (including phenoxy) is 2. The number of hydrogen-bond donors (Lipinski definition) is 1. The second-order valence-electron chi connectivity index (χ2n) is 4.79. The van der Waals surface area contributed by atoms with E-state index >= 15 is 0 Å². The molecule has 25 heavy (non-hydrogen) atoms. The van der Waals surface area contributed by atoms with E-state index < -0.39 is 23.8 Å². The number of carbonyl (C=O) groups is 1. The highest BCUT2D eigenvalue weighted by molar-refractivity contribution is 6.01. The number of halogens is 4. The van der Waals surface area contributed by atoms with Crippen LogP contribution in [0.3, 0.4) is 0 Å². The Kier molecular flexibility index (Phi) is 5.63. The van der Waals surface area contributed by atoms with Crippen LogP contribution in [0.4, 0.5) is 23.2 Å². The van der Waals surface area contributed by atoms with E-state index in [1.165, 1.54) is 43.5 Å². The number of alkyl halides is 3. The molecule has 0 aliphatic rings. The molecule has 132 valence electrons. The molecule has 0 saturated carbocycles. The lowest BCUT2D eigenvalue weighted by atomic mass is 10.2. The van der Waals surface area contributed by atoms with Gasteiger partial charge < -0.3 is 14.8 Å². The molecular formula is C17H13F4NO3. The van der Waals surface area contributed by atoms with Gasteiger partial charge in [0, 0.05) is 11.8 Å². The summed E-state index contributed by atoms with van der Waals surface area (Å²) < 4.78 is 58.2. The van der Waals surface area contributed by atoms with E-state index in [9.17, 15) is 22.4 Å². The molecule has 2 aromatic rings. The summed E-state index contributed by atoms with van der Waals surface area (Å²) in [6.07, 6.45) is -2.22. The molecule has 1 amide bonds. The molecule has 0 fully saturated rings. The molecule has 0 aliphatic carbocycles. The second kappa shape index (κ2) is 7.69. The maximum atomic E-state index is 13.5. The minimum atomic E-state index is -4.78. The molecule has 0 spiro atoms. The predicted molar refractivity (Wildman–Crippen MR) is 83.7 cm³/mol. The minimum Gasteiger partial charge on any atom is -0.494 e. The van der Waals surface area contributed by atoms with Gasteiger partial charge in [-0.25, -0.2) is 4.39 Å². The molecule has 0 atom stereocenters. The summed E-state index contributed by atoms with van der Waals surface area (Å²) in [4.78, 5) is 11.8. The van der Waals surface area contributed by atoms with Gasteiger partial charge in [-0.15, -0.1) is 13.2 Å². The summed E-state index contributed by atoms with van der Waals surface area (Å²) >= 11 is 0. The van der Waals surface area contributed by atoms with E-state index in [1.807, 2.05) is 0 Å². The Balaban J connectivity index is 1.96. The zero-order valence-electron chi connectivity index (χ0n) is 12.9. The van der Waals surface area contributed by atoms with Crippen molar-refractivity contribution in [3.8, 4) is 11.5 Å². The van der Waals surface area contributed by atoms with Gasteiger partial charge in [-0.05, 0) is 48.0 Å². The number of amides is 1. The van der Waals surface area contributed by atoms with Crippen LogP contribution in [0.25, 0.3) is 6.08 Å². The third-order valence-electron chi connectivity index (χ3n) is 2.96. The van der Waals surface area contributed by atoms with Crippen molar-refractivity contribution in [2.75, 3.05) is 12.4 Å². The first-order chi connectivity index (χ1) is 11.8. The van der Waals surface area contributed by atoms with Crippen LogP contribution < -0.4 is 14.8 Å². The van der Waals surface area contributed by atoms with Crippen LogP contribution in [0.15, 0.2) is 48.5 Å². The first-order valence-corrected chi connectivity index (χ1v) is 6.95. The van der Waals surface area contributed by atoms with Crippen LogP contribution in [0.5, 0.6) is 11.5 Å². The van der Waals surface area contributed by atoms with E-state index in [2.05, 4.69) is 10.1 Å². The Hall–Kier alpha value is -3.03. The van der Waals surface area contributed by atoms with Crippen LogP contribution in [-0.4, -0.2) is 19.4 Å². The van der Waals surface area contributed by atoms with Gasteiger partial charge in [0.25, 0.3) is 0 Å². The monoisotopic (exact) mass is 355 g/mol. The van der Waals surface area contributed by atoms with Crippen molar-refractivity contribution < 1.29 is 31.8 Å². The molecule has 2 aromatic carbocycles. The van der Waals surface area contributed by atoms with E-state index in [0.717, 1.165) is 12.1 Å². The number of methoxy groups -OCH3 is 1. The van der Waals surface area contributed by atoms with Gasteiger partial charge in [0.15, 0.2) is 11.6 Å². The molecule has 4 nitrogen and oxygen atoms in total. The third kappa shape index (κ3) is 5.83. The fourth-order valence-electron chi connectivity index (χ4n) is 1.88. The van der Waals surface area contributed by atoms with E-state index in [-0.39, 0.29) is 11.4 Å². The molecular weight excluding hydrogens is 342 g/mol. The van der Waals surface area contributed by atoms with Crippen molar-refractivity contribution >= 4 is 17.7 Å². The molecule has 0 aliphatic heterocycles. The molecule has 2 rings (SSSR count). The summed E-state index contributed by atoms with van der Waals surface area (Å²) in [5.41, 5.74) is 0.729. The van der Waals surface area contributed by atoms with E-state index in [0.29, 0.717) is 5.56 Å². The molecule has 0 bridgehead atoms. The summed E-state index contributed by atoms with van der Waals surface area (Å²) in [5.74, 6) is -1.40. The van der Waals surface area contributed by atoms with Gasteiger partial charge >= 0.3 is 6.36 Å². The van der Waals surface area contributed by atoms with Crippen molar-refractivity contribution in [1.29, 1.82) is 0 Å². The first kappa shape index (κ1) is 18.3. The number of benzene rings is 2. The minimum absolute atomic E-state index is 0.0859. The van der Waals surface area contributed by atoms with Crippen LogP contribution in [0.2, 0.25) is 0 Å². The number of hydrogen-bond acceptors (Lipinski definition) is 3. The highest BCUT2D eigenvalue weighted by Crippen LogP contribution is 2.24. The fraction of sp³-hybridized carbons (Fsp3) is 0.118. The van der Waals surface area contributed by atoms with Crippen molar-refractivity contribution in [3.05, 3.63) is 59.9 Å². The summed E-state index contributed by atoms with van der Waals surface area (Å²) in [5, 5.41) is 2.46. The maximum absolute atomic E-state index is 13.5. The van der Waals surface area contributed by atoms with E-state index in [4.69, 9.17) is 4.74 Å². The highest BCUT2D eigenvalue weighted by Gasteiger charge is 2.30. The largest absolute Gasteiger partial charge is 0.573 e. The van der Waals surface area contributed by atoms with Gasteiger partial charge in [0.05, 0.1) is 7.11 Å². The molecule has 1 N–H and O–H groups in total. The van der Waals surface area contributed by atoms with Crippen molar-refractivity contribution in [1.82, 2.24) is 0 Å². The zero-order chi connectivity index (χ0) is 18.4. The molecule has 0 aromatic heterocycles. The Morgan fingerprint density at radius 1 is 1.12 bits per heavy atom. The van der Waals surface area contributed by atoms with Gasteiger partial charge in [-0.3, -0.25) is 4.79 Å². The van der Waals surface area contributed by atoms with Gasteiger partial charge in [-0.1, -0.05) is 6.07 Å². The standard InChI is InChI=1S/C17H13F4NO3/c1-24-15-8-2-11(10-14(15)18)3-9-16(23)22-12-4-6-13(7-5-12)25-17(19,20)21/h2-10H,1H3,(H,22,23)/b9-3+. The summed E-state index contributed by atoms with van der Waals surface area (Å²) in [6, 6.07) is 8.87. The lowest BCUT2D eigenvalue weighted by molar-refractivity contribution is -0.274. The zero-order valence-corrected chi connectivity index (χ0v) is 12.9. The van der Waals surface area contributed by atoms with Crippen LogP contribution in [0.1, 0.15) is 5.56 Å². The van der Waals surface area contributed by atoms with Gasteiger partial charge in [-0.2, -0.15) is 0 Å². The second-order valence-corrected chi connectivity index (χ2v) is 4.79. The molecule has 0 unspecified atom stereocenters. The first-order valence-electron chi connectivity index (χ1n) is 6.95.